The fourth-order valence-corrected chi connectivity index (χ4v) is 5.52. The number of aryl methyl sites for hydroxylation is 3. The minimum Gasteiger partial charge on any atom is -0.508 e. The molecule has 9 heteroatoms. The number of hydrogen-bond donors (Lipinski definition) is 4. The van der Waals surface area contributed by atoms with E-state index in [1.807, 2.05) is 46.8 Å². The summed E-state index contributed by atoms with van der Waals surface area (Å²) in [5.74, 6) is 1.06. The lowest BCUT2D eigenvalue weighted by atomic mass is 9.90. The number of rotatable bonds is 14. The first-order chi connectivity index (χ1) is 22.2. The van der Waals surface area contributed by atoms with Crippen LogP contribution in [0.15, 0.2) is 42.5 Å². The molecule has 1 aliphatic heterocycles. The van der Waals surface area contributed by atoms with Crippen LogP contribution in [0.5, 0.6) is 11.5 Å². The second kappa shape index (κ2) is 21.3. The number of amides is 3. The summed E-state index contributed by atoms with van der Waals surface area (Å²) in [6, 6.07) is 12.6. The van der Waals surface area contributed by atoms with E-state index in [2.05, 4.69) is 35.8 Å². The van der Waals surface area contributed by atoms with Crippen molar-refractivity contribution in [3.8, 4) is 11.5 Å². The van der Waals surface area contributed by atoms with Crippen molar-refractivity contribution in [1.82, 2.24) is 15.5 Å². The predicted molar refractivity (Wildman–Crippen MR) is 189 cm³/mol. The van der Waals surface area contributed by atoms with Crippen LogP contribution < -0.4 is 15.4 Å². The number of para-hydroxylation sites is 1. The van der Waals surface area contributed by atoms with Crippen molar-refractivity contribution >= 4 is 18.2 Å². The quantitative estimate of drug-likeness (QED) is 0.147. The van der Waals surface area contributed by atoms with Gasteiger partial charge in [-0.05, 0) is 89.0 Å². The number of phenolic OH excluding ortho intramolecular Hbond substituents is 1. The number of nitrogens with one attached hydrogen (secondary N) is 2. The van der Waals surface area contributed by atoms with Crippen LogP contribution in [0.1, 0.15) is 97.3 Å². The van der Waals surface area contributed by atoms with Gasteiger partial charge in [0.2, 0.25) is 18.2 Å². The second-order valence-electron chi connectivity index (χ2n) is 13.1. The SMILES string of the molecule is CCCC1CCc2cccc(CCCNC=O)c2O1.CCNC(=O)C(N(C)C(=O)C(C)C(C)CC)C(C)(C)O.Cc1ccc(O)cc1. The van der Waals surface area contributed by atoms with Crippen LogP contribution in [-0.4, -0.2) is 71.2 Å². The summed E-state index contributed by atoms with van der Waals surface area (Å²) < 4.78 is 6.17. The molecule has 2 aromatic carbocycles. The number of nitrogens with zero attached hydrogens (tertiary/aromatic N) is 1. The topological polar surface area (TPSA) is 128 Å². The lowest BCUT2D eigenvalue weighted by Crippen LogP contribution is -2.59. The maximum absolute atomic E-state index is 12.5. The van der Waals surface area contributed by atoms with Crippen LogP contribution in [0.3, 0.4) is 0 Å². The van der Waals surface area contributed by atoms with Crippen molar-refractivity contribution in [3.63, 3.8) is 0 Å². The van der Waals surface area contributed by atoms with Crippen LogP contribution in [-0.2, 0) is 27.2 Å². The molecule has 1 heterocycles. The lowest BCUT2D eigenvalue weighted by Gasteiger charge is -2.37. The van der Waals surface area contributed by atoms with Gasteiger partial charge in [0, 0.05) is 26.1 Å². The molecule has 4 N–H and O–H groups in total. The first kappa shape index (κ1) is 41.4. The van der Waals surface area contributed by atoms with E-state index >= 15 is 0 Å². The van der Waals surface area contributed by atoms with Gasteiger partial charge in [-0.15, -0.1) is 0 Å². The number of fused-ring (bicyclic) bond motifs is 1. The Hall–Kier alpha value is -3.59. The molecule has 0 saturated heterocycles. The number of carbonyl (C=O) groups excluding carboxylic acids is 3. The Kier molecular flexibility index (Phi) is 18.8. The summed E-state index contributed by atoms with van der Waals surface area (Å²) in [5, 5.41) is 24.4. The zero-order chi connectivity index (χ0) is 35.6. The first-order valence-electron chi connectivity index (χ1n) is 17.2. The predicted octanol–water partition coefficient (Wildman–Crippen LogP) is 5.96. The number of phenols is 1. The summed E-state index contributed by atoms with van der Waals surface area (Å²) in [4.78, 5) is 36.2. The van der Waals surface area contributed by atoms with Gasteiger partial charge in [-0.3, -0.25) is 14.4 Å². The number of aliphatic hydroxyl groups is 1. The number of hydrogen-bond acceptors (Lipinski definition) is 6. The van der Waals surface area contributed by atoms with E-state index < -0.39 is 11.6 Å². The molecule has 0 aliphatic carbocycles. The Morgan fingerprint density at radius 1 is 1.11 bits per heavy atom. The van der Waals surface area contributed by atoms with Gasteiger partial charge >= 0.3 is 0 Å². The van der Waals surface area contributed by atoms with Crippen LogP contribution in [0.4, 0.5) is 0 Å². The Morgan fingerprint density at radius 3 is 2.30 bits per heavy atom. The van der Waals surface area contributed by atoms with Gasteiger partial charge in [-0.2, -0.15) is 0 Å². The molecule has 0 saturated carbocycles. The normalized spacial score (nSPS) is 15.5. The zero-order valence-corrected chi connectivity index (χ0v) is 30.3. The Morgan fingerprint density at radius 2 is 1.77 bits per heavy atom. The van der Waals surface area contributed by atoms with Crippen LogP contribution >= 0.6 is 0 Å². The number of benzene rings is 2. The number of aromatic hydroxyl groups is 1. The van der Waals surface area contributed by atoms with Gasteiger partial charge in [0.05, 0.1) is 11.7 Å². The Bertz CT molecular complexity index is 1190. The maximum Gasteiger partial charge on any atom is 0.245 e. The average molecular weight is 656 g/mol. The van der Waals surface area contributed by atoms with Gasteiger partial charge in [0.1, 0.15) is 17.5 Å². The molecule has 0 fully saturated rings. The fourth-order valence-electron chi connectivity index (χ4n) is 5.52. The number of carbonyl (C=O) groups is 3. The molecule has 0 spiro atoms. The maximum atomic E-state index is 12.5. The molecule has 47 heavy (non-hydrogen) atoms. The minimum absolute atomic E-state index is 0.113. The van der Waals surface area contributed by atoms with Crippen molar-refractivity contribution in [2.45, 2.75) is 118 Å². The molecule has 0 bridgehead atoms. The summed E-state index contributed by atoms with van der Waals surface area (Å²) in [6.07, 6.45) is 8.53. The Labute approximate surface area is 283 Å². The van der Waals surface area contributed by atoms with E-state index in [0.717, 1.165) is 57.2 Å². The van der Waals surface area contributed by atoms with E-state index in [4.69, 9.17) is 9.84 Å². The lowest BCUT2D eigenvalue weighted by molar-refractivity contribution is -0.151. The second-order valence-corrected chi connectivity index (χ2v) is 13.1. The number of likely N-dealkylation sites (N-methyl/N-ethyl adjacent to an activating group) is 2. The molecule has 2 aromatic rings. The van der Waals surface area contributed by atoms with Crippen LogP contribution in [0.25, 0.3) is 0 Å². The summed E-state index contributed by atoms with van der Waals surface area (Å²) in [6.45, 7) is 16.2. The van der Waals surface area contributed by atoms with Crippen LogP contribution in [0.2, 0.25) is 0 Å². The van der Waals surface area contributed by atoms with Crippen molar-refractivity contribution in [2.75, 3.05) is 20.1 Å². The van der Waals surface area contributed by atoms with Gasteiger partial charge < -0.3 is 30.5 Å². The van der Waals surface area contributed by atoms with Crippen molar-refractivity contribution in [1.29, 1.82) is 0 Å². The van der Waals surface area contributed by atoms with Crippen LogP contribution in [0, 0.1) is 18.8 Å². The smallest absolute Gasteiger partial charge is 0.245 e. The molecule has 4 atom stereocenters. The summed E-state index contributed by atoms with van der Waals surface area (Å²) >= 11 is 0. The van der Waals surface area contributed by atoms with Gasteiger partial charge in [-0.25, -0.2) is 0 Å². The highest BCUT2D eigenvalue weighted by Gasteiger charge is 2.40. The molecule has 3 rings (SSSR count). The molecular formula is C38H61N3O6. The van der Waals surface area contributed by atoms with Crippen molar-refractivity contribution < 1.29 is 29.3 Å². The molecule has 0 radical (unpaired) electrons. The Balaban J connectivity index is 0.000000381. The van der Waals surface area contributed by atoms with Crippen molar-refractivity contribution in [3.05, 3.63) is 59.2 Å². The standard InChI is InChI=1S/C16H23NO2.C15H30N2O3.C7H8O/c1-2-5-15-10-9-14-7-3-6-13(16(14)19-15)8-4-11-17-12-18;1-8-10(3)11(4)14(19)17(7)12(15(5,6)20)13(18)16-9-2;1-6-2-4-7(8)5-3-6/h3,6-7,12,15H,2,4-5,8-11H2,1H3,(H,17,18);10-12,20H,8-9H2,1-7H3,(H,16,18);2-5,8H,1H3. The monoisotopic (exact) mass is 655 g/mol. The van der Waals surface area contributed by atoms with Gasteiger partial charge in [-0.1, -0.05) is 76.4 Å². The molecule has 9 nitrogen and oxygen atoms in total. The molecule has 264 valence electrons. The first-order valence-corrected chi connectivity index (χ1v) is 17.2. The third-order valence-electron chi connectivity index (χ3n) is 8.58. The largest absolute Gasteiger partial charge is 0.508 e. The van der Waals surface area contributed by atoms with E-state index in [1.165, 1.54) is 28.0 Å². The van der Waals surface area contributed by atoms with E-state index in [9.17, 15) is 19.5 Å². The highest BCUT2D eigenvalue weighted by Crippen LogP contribution is 2.33. The van der Waals surface area contributed by atoms with Crippen molar-refractivity contribution in [2.24, 2.45) is 11.8 Å². The third-order valence-corrected chi connectivity index (χ3v) is 8.58. The average Bonchev–Trinajstić information content (AvgIpc) is 3.03. The highest BCUT2D eigenvalue weighted by molar-refractivity contribution is 5.89. The summed E-state index contributed by atoms with van der Waals surface area (Å²) in [7, 11) is 1.58. The van der Waals surface area contributed by atoms with E-state index in [-0.39, 0.29) is 23.7 Å². The fraction of sp³-hybridized carbons (Fsp3) is 0.605. The molecule has 3 amide bonds. The number of ether oxygens (including phenoxy) is 1. The van der Waals surface area contributed by atoms with Gasteiger partial charge in [0.15, 0.2) is 0 Å². The third kappa shape index (κ3) is 14.4. The molecule has 4 unspecified atom stereocenters. The molecule has 0 aromatic heterocycles. The van der Waals surface area contributed by atoms with E-state index in [1.54, 1.807) is 33.0 Å². The van der Waals surface area contributed by atoms with E-state index in [0.29, 0.717) is 18.4 Å². The zero-order valence-electron chi connectivity index (χ0n) is 30.3. The minimum atomic E-state index is -1.29. The van der Waals surface area contributed by atoms with Gasteiger partial charge in [0.25, 0.3) is 0 Å². The highest BCUT2D eigenvalue weighted by atomic mass is 16.5. The molecule has 1 aliphatic rings. The summed E-state index contributed by atoms with van der Waals surface area (Å²) in [5.41, 5.74) is 2.50. The molecular weight excluding hydrogens is 594 g/mol.